The zero-order valence-electron chi connectivity index (χ0n) is 11.8. The number of hydrogen-bond acceptors (Lipinski definition) is 3. The fraction of sp³-hybridized carbons (Fsp3) is 0.500. The van der Waals surface area contributed by atoms with Gasteiger partial charge in [0.05, 0.1) is 4.90 Å². The van der Waals surface area contributed by atoms with Gasteiger partial charge in [-0.3, -0.25) is 4.79 Å². The van der Waals surface area contributed by atoms with E-state index in [4.69, 9.17) is 10.7 Å². The molecule has 1 aliphatic carbocycles. The Balaban J connectivity index is 2.22. The number of amides is 1. The highest BCUT2D eigenvalue weighted by Crippen LogP contribution is 2.36. The smallest absolute Gasteiger partial charge is 0.261 e. The first kappa shape index (κ1) is 16.2. The molecule has 0 bridgehead atoms. The number of rotatable bonds is 5. The summed E-state index contributed by atoms with van der Waals surface area (Å²) in [7, 11) is 1.17. The minimum Gasteiger partial charge on any atom is -0.352 e. The van der Waals surface area contributed by atoms with Crippen molar-refractivity contribution < 1.29 is 17.6 Å². The lowest BCUT2D eigenvalue weighted by Gasteiger charge is -2.13. The Morgan fingerprint density at radius 1 is 1.48 bits per heavy atom. The van der Waals surface area contributed by atoms with Crippen LogP contribution in [0.5, 0.6) is 0 Å². The van der Waals surface area contributed by atoms with Gasteiger partial charge in [0.1, 0.15) is 5.82 Å². The monoisotopic (exact) mass is 333 g/mol. The van der Waals surface area contributed by atoms with Gasteiger partial charge >= 0.3 is 0 Å². The van der Waals surface area contributed by atoms with Gasteiger partial charge in [0.15, 0.2) is 0 Å². The quantitative estimate of drug-likeness (QED) is 0.843. The summed E-state index contributed by atoms with van der Waals surface area (Å²) >= 11 is 0. The van der Waals surface area contributed by atoms with Crippen LogP contribution in [0.2, 0.25) is 0 Å². The molecule has 1 unspecified atom stereocenters. The molecule has 1 amide bonds. The van der Waals surface area contributed by atoms with Crippen molar-refractivity contribution in [3.63, 3.8) is 0 Å². The van der Waals surface area contributed by atoms with Crippen LogP contribution >= 0.6 is 10.7 Å². The molecule has 1 saturated carbocycles. The Morgan fingerprint density at radius 3 is 2.62 bits per heavy atom. The van der Waals surface area contributed by atoms with Crippen LogP contribution in [0.3, 0.4) is 0 Å². The van der Waals surface area contributed by atoms with Gasteiger partial charge in [0.2, 0.25) is 0 Å². The van der Waals surface area contributed by atoms with E-state index in [2.05, 4.69) is 5.32 Å². The molecule has 0 spiro atoms. The second kappa shape index (κ2) is 5.93. The van der Waals surface area contributed by atoms with Crippen LogP contribution in [0.4, 0.5) is 4.39 Å². The van der Waals surface area contributed by atoms with Crippen molar-refractivity contribution in [3.8, 4) is 0 Å². The van der Waals surface area contributed by atoms with Crippen LogP contribution in [0, 0.1) is 24.6 Å². The van der Waals surface area contributed by atoms with Crippen LogP contribution in [0.15, 0.2) is 17.0 Å². The predicted molar refractivity (Wildman–Crippen MR) is 78.4 cm³/mol. The number of carbonyl (C=O) groups is 1. The summed E-state index contributed by atoms with van der Waals surface area (Å²) in [4.78, 5) is 11.8. The van der Waals surface area contributed by atoms with Gasteiger partial charge in [-0.2, -0.15) is 0 Å². The summed E-state index contributed by atoms with van der Waals surface area (Å²) in [5.74, 6) is -0.294. The van der Waals surface area contributed by atoms with Crippen LogP contribution in [-0.2, 0) is 9.05 Å². The van der Waals surface area contributed by atoms with Crippen molar-refractivity contribution in [2.24, 2.45) is 11.8 Å². The molecule has 0 aliphatic heterocycles. The average Bonchev–Trinajstić information content (AvgIpc) is 3.20. The Hall–Kier alpha value is -1.14. The van der Waals surface area contributed by atoms with Crippen molar-refractivity contribution in [1.29, 1.82) is 0 Å². The highest BCUT2D eigenvalue weighted by Gasteiger charge is 2.28. The minimum absolute atomic E-state index is 0.00257. The van der Waals surface area contributed by atoms with Gasteiger partial charge < -0.3 is 5.32 Å². The van der Waals surface area contributed by atoms with Gasteiger partial charge in [-0.25, -0.2) is 12.8 Å². The zero-order valence-corrected chi connectivity index (χ0v) is 13.4. The third kappa shape index (κ3) is 3.95. The van der Waals surface area contributed by atoms with Gasteiger partial charge in [-0.1, -0.05) is 6.92 Å². The number of halogens is 2. The Labute approximate surface area is 128 Å². The maximum atomic E-state index is 13.5. The summed E-state index contributed by atoms with van der Waals surface area (Å²) in [5.41, 5.74) is 0.153. The summed E-state index contributed by atoms with van der Waals surface area (Å²) in [5, 5.41) is 2.72. The van der Waals surface area contributed by atoms with E-state index in [1.165, 1.54) is 19.8 Å². The molecule has 4 nitrogen and oxygen atoms in total. The summed E-state index contributed by atoms with van der Waals surface area (Å²) < 4.78 is 36.4. The molecular weight excluding hydrogens is 317 g/mol. The molecule has 1 aliphatic rings. The topological polar surface area (TPSA) is 63.2 Å². The minimum atomic E-state index is -4.09. The lowest BCUT2D eigenvalue weighted by Crippen LogP contribution is -2.29. The SMILES string of the molecule is Cc1c(C(=O)NCC(C)C2CC2)cc(F)cc1S(=O)(=O)Cl. The number of hydrogen-bond donors (Lipinski definition) is 1. The molecule has 1 aromatic rings. The van der Waals surface area contributed by atoms with Gasteiger partial charge in [0.25, 0.3) is 15.0 Å². The van der Waals surface area contributed by atoms with Crippen LogP contribution < -0.4 is 5.32 Å². The summed E-state index contributed by atoms with van der Waals surface area (Å²) in [6.45, 7) is 3.97. The van der Waals surface area contributed by atoms with Gasteiger partial charge in [-0.05, 0) is 49.3 Å². The predicted octanol–water partition coefficient (Wildman–Crippen LogP) is 2.84. The fourth-order valence-electron chi connectivity index (χ4n) is 2.32. The molecule has 0 heterocycles. The van der Waals surface area contributed by atoms with Gasteiger partial charge in [0, 0.05) is 22.8 Å². The number of benzene rings is 1. The maximum Gasteiger partial charge on any atom is 0.261 e. The Morgan fingerprint density at radius 2 is 2.10 bits per heavy atom. The second-order valence-electron chi connectivity index (χ2n) is 5.54. The summed E-state index contributed by atoms with van der Waals surface area (Å²) in [6.07, 6.45) is 2.34. The molecule has 0 saturated heterocycles. The third-order valence-corrected chi connectivity index (χ3v) is 5.29. The molecule has 1 atom stereocenters. The van der Waals surface area contributed by atoms with E-state index < -0.39 is 20.8 Å². The highest BCUT2D eigenvalue weighted by atomic mass is 35.7. The third-order valence-electron chi connectivity index (χ3n) is 3.84. The lowest BCUT2D eigenvalue weighted by atomic mass is 10.1. The van der Waals surface area contributed by atoms with E-state index in [9.17, 15) is 17.6 Å². The molecule has 0 aromatic heterocycles. The second-order valence-corrected chi connectivity index (χ2v) is 8.07. The maximum absolute atomic E-state index is 13.5. The number of carbonyl (C=O) groups excluding carboxylic acids is 1. The molecular formula is C14H17ClFNO3S. The first-order valence-electron chi connectivity index (χ1n) is 6.73. The van der Waals surface area contributed by atoms with Crippen LogP contribution in [0.25, 0.3) is 0 Å². The molecule has 0 radical (unpaired) electrons. The normalized spacial score (nSPS) is 16.6. The average molecular weight is 334 g/mol. The number of nitrogens with one attached hydrogen (secondary N) is 1. The van der Waals surface area contributed by atoms with Crippen molar-refractivity contribution in [3.05, 3.63) is 29.1 Å². The van der Waals surface area contributed by atoms with Gasteiger partial charge in [-0.15, -0.1) is 0 Å². The van der Waals surface area contributed by atoms with Crippen molar-refractivity contribution in [2.45, 2.75) is 31.6 Å². The molecule has 1 aromatic carbocycles. The van der Waals surface area contributed by atoms with Crippen LogP contribution in [-0.4, -0.2) is 20.9 Å². The molecule has 1 fully saturated rings. The van der Waals surface area contributed by atoms with E-state index >= 15 is 0 Å². The lowest BCUT2D eigenvalue weighted by molar-refractivity contribution is 0.0945. The molecule has 7 heteroatoms. The standard InChI is InChI=1S/C14H17ClFNO3S/c1-8(10-3-4-10)7-17-14(18)12-5-11(16)6-13(9(12)2)21(15,19)20/h5-6,8,10H,3-4,7H2,1-2H3,(H,17,18). The fourth-order valence-corrected chi connectivity index (χ4v) is 3.53. The van der Waals surface area contributed by atoms with E-state index in [1.54, 1.807) is 0 Å². The summed E-state index contributed by atoms with van der Waals surface area (Å²) in [6, 6.07) is 1.85. The van der Waals surface area contributed by atoms with Crippen molar-refractivity contribution in [2.75, 3.05) is 6.54 Å². The van der Waals surface area contributed by atoms with E-state index in [1.807, 2.05) is 6.92 Å². The van der Waals surface area contributed by atoms with E-state index in [0.717, 1.165) is 12.1 Å². The van der Waals surface area contributed by atoms with E-state index in [0.29, 0.717) is 18.4 Å². The first-order valence-corrected chi connectivity index (χ1v) is 9.04. The van der Waals surface area contributed by atoms with E-state index in [-0.39, 0.29) is 16.0 Å². The molecule has 116 valence electrons. The van der Waals surface area contributed by atoms with Crippen LogP contribution in [0.1, 0.15) is 35.7 Å². The highest BCUT2D eigenvalue weighted by molar-refractivity contribution is 8.13. The first-order chi connectivity index (χ1) is 9.70. The molecule has 21 heavy (non-hydrogen) atoms. The Kier molecular flexibility index (Phi) is 4.58. The Bertz CT molecular complexity index is 671. The largest absolute Gasteiger partial charge is 0.352 e. The van der Waals surface area contributed by atoms with Crippen molar-refractivity contribution in [1.82, 2.24) is 5.32 Å². The zero-order chi connectivity index (χ0) is 15.8. The van der Waals surface area contributed by atoms with Crippen molar-refractivity contribution >= 4 is 25.6 Å². The molecule has 1 N–H and O–H groups in total. The molecule has 2 rings (SSSR count).